The van der Waals surface area contributed by atoms with E-state index in [4.69, 9.17) is 16.0 Å². The molecule has 2 aromatic rings. The van der Waals surface area contributed by atoms with E-state index >= 15 is 0 Å². The molecule has 0 fully saturated rings. The average molecular weight is 374 g/mol. The largest absolute Gasteiger partial charge is 0.354 e. The first-order chi connectivity index (χ1) is 9.86. The van der Waals surface area contributed by atoms with Crippen molar-refractivity contribution in [3.8, 4) is 0 Å². The summed E-state index contributed by atoms with van der Waals surface area (Å²) in [4.78, 5) is 0. The quantitative estimate of drug-likeness (QED) is 0.466. The maximum absolute atomic E-state index is 8.72. The van der Waals surface area contributed by atoms with E-state index in [2.05, 4.69) is 35.7 Å². The van der Waals surface area contributed by atoms with Crippen LogP contribution in [0.3, 0.4) is 0 Å². The topological polar surface area (TPSA) is 170 Å². The zero-order valence-electron chi connectivity index (χ0n) is 12.2. The fourth-order valence-corrected chi connectivity index (χ4v) is 1.29. The molecule has 0 saturated heterocycles. The predicted molar refractivity (Wildman–Crippen MR) is 78.3 cm³/mol. The molecule has 0 bridgehead atoms. The average Bonchev–Trinajstić information content (AvgIpc) is 2.48. The minimum Gasteiger partial charge on any atom is -0.354 e. The van der Waals surface area contributed by atoms with Gasteiger partial charge in [0.1, 0.15) is 0 Å². The number of quaternary nitrogens is 2. The van der Waals surface area contributed by atoms with Crippen LogP contribution in [-0.2, 0) is 16.8 Å². The van der Waals surface area contributed by atoms with Crippen LogP contribution in [0.15, 0.2) is 60.7 Å². The molecule has 124 valence electrons. The van der Waals surface area contributed by atoms with Gasteiger partial charge in [-0.25, -0.2) is 0 Å². The Morgan fingerprint density at radius 1 is 0.818 bits per heavy atom. The first kappa shape index (κ1) is 22.8. The smallest absolute Gasteiger partial charge is 0.0997 e. The first-order valence-electron chi connectivity index (χ1n) is 6.28. The van der Waals surface area contributed by atoms with Crippen molar-refractivity contribution in [2.75, 3.05) is 0 Å². The normalized spacial score (nSPS) is 9.32. The number of benzene rings is 2. The van der Waals surface area contributed by atoms with E-state index in [1.54, 1.807) is 0 Å². The molecule has 2 aromatic carbocycles. The second-order valence-electron chi connectivity index (χ2n) is 3.94. The molecule has 2 rings (SSSR count). The Kier molecular flexibility index (Phi) is 13.7. The molecule has 9 N–H and O–H groups in total. The maximum atomic E-state index is 8.72. The fourth-order valence-electron chi connectivity index (χ4n) is 1.29. The summed E-state index contributed by atoms with van der Waals surface area (Å²) in [5.41, 5.74) is 10.1. The summed E-state index contributed by atoms with van der Waals surface area (Å²) in [6, 6.07) is 20.4. The minimum absolute atomic E-state index is 0. The molecule has 0 aliphatic rings. The second-order valence-corrected chi connectivity index (χ2v) is 5.91. The van der Waals surface area contributed by atoms with Crippen LogP contribution in [0.25, 0.3) is 0 Å². The molecule has 0 aromatic heterocycles. The van der Waals surface area contributed by atoms with Crippen molar-refractivity contribution >= 4 is 14.5 Å². The standard InChI is InChI=1S/2C7H9N.AsH3O4.H2O/c2*8-6-7-4-2-1-3-5-7;2-1(3,4)5;/h2*1-5H,6,8H2;(H3,2,3,4,5);1H2. The summed E-state index contributed by atoms with van der Waals surface area (Å²) in [6.07, 6.45) is 0. The van der Waals surface area contributed by atoms with Crippen LogP contribution >= 0.6 is 0 Å². The van der Waals surface area contributed by atoms with Gasteiger partial charge in [-0.1, -0.05) is 60.7 Å². The second kappa shape index (κ2) is 13.2. The summed E-state index contributed by atoms with van der Waals surface area (Å²) < 4.78 is 33.2. The summed E-state index contributed by atoms with van der Waals surface area (Å²) in [7, 11) is 0. The first-order valence-corrected chi connectivity index (χ1v) is 9.41. The van der Waals surface area contributed by atoms with Gasteiger partial charge < -0.3 is 16.9 Å². The molecule has 7 nitrogen and oxygen atoms in total. The summed E-state index contributed by atoms with van der Waals surface area (Å²) in [6.45, 7) is 1.78. The van der Waals surface area contributed by atoms with E-state index in [-0.39, 0.29) is 5.48 Å². The van der Waals surface area contributed by atoms with E-state index in [1.807, 2.05) is 36.4 Å². The van der Waals surface area contributed by atoms with Crippen molar-refractivity contribution < 1.29 is 33.0 Å². The van der Waals surface area contributed by atoms with Gasteiger partial charge in [-0.15, -0.1) is 0 Å². The summed E-state index contributed by atoms with van der Waals surface area (Å²) in [5, 5.41) is 0. The van der Waals surface area contributed by atoms with Gasteiger partial charge in [0.2, 0.25) is 0 Å². The maximum Gasteiger partial charge on any atom is 0.0997 e. The Balaban J connectivity index is 0. The summed E-state index contributed by atoms with van der Waals surface area (Å²) >= 11 is -5.62. The molecule has 0 aliphatic carbocycles. The van der Waals surface area contributed by atoms with Crippen LogP contribution in [0.5, 0.6) is 0 Å². The molecular weight excluding hydrogens is 351 g/mol. The van der Waals surface area contributed by atoms with Gasteiger partial charge in [-0.05, 0) is 0 Å². The van der Waals surface area contributed by atoms with Crippen molar-refractivity contribution in [2.45, 2.75) is 13.1 Å². The monoisotopic (exact) mass is 374 g/mol. The molecule has 0 heterocycles. The van der Waals surface area contributed by atoms with Gasteiger partial charge in [-0.2, -0.15) is 0 Å². The van der Waals surface area contributed by atoms with Gasteiger partial charge in [0.25, 0.3) is 0 Å². The minimum atomic E-state index is -5.62. The third-order valence-corrected chi connectivity index (χ3v) is 2.26. The van der Waals surface area contributed by atoms with Gasteiger partial charge in [0, 0.05) is 11.1 Å². The molecule has 0 radical (unpaired) electrons. The van der Waals surface area contributed by atoms with E-state index in [0.717, 1.165) is 13.1 Å². The van der Waals surface area contributed by atoms with Crippen LogP contribution in [0.2, 0.25) is 0 Å². The van der Waals surface area contributed by atoms with Crippen molar-refractivity contribution in [1.82, 2.24) is 0 Å². The number of hydrogen-bond donors (Lipinski definition) is 3. The van der Waals surface area contributed by atoms with Gasteiger partial charge in [0.15, 0.2) is 0 Å². The zero-order chi connectivity index (χ0) is 16.1. The van der Waals surface area contributed by atoms with Gasteiger partial charge >= 0.3 is 30.5 Å². The Bertz CT molecular complexity index is 472. The van der Waals surface area contributed by atoms with E-state index in [1.165, 1.54) is 11.1 Å². The van der Waals surface area contributed by atoms with E-state index in [9.17, 15) is 0 Å². The van der Waals surface area contributed by atoms with Crippen molar-refractivity contribution in [3.05, 3.63) is 71.8 Å². The molecule has 8 heteroatoms. The molecular formula is C14H23AsN2O5. The molecule has 0 aliphatic heterocycles. The number of rotatable bonds is 2. The molecule has 0 amide bonds. The van der Waals surface area contributed by atoms with E-state index in [0.29, 0.717) is 0 Å². The Hall–Kier alpha value is -1.44. The van der Waals surface area contributed by atoms with Gasteiger partial charge in [-0.3, -0.25) is 0 Å². The van der Waals surface area contributed by atoms with Crippen molar-refractivity contribution in [3.63, 3.8) is 0 Å². The van der Waals surface area contributed by atoms with Crippen LogP contribution in [0, 0.1) is 0 Å². The third-order valence-electron chi connectivity index (χ3n) is 2.26. The predicted octanol–water partition coefficient (Wildman–Crippen LogP) is -3.40. The van der Waals surface area contributed by atoms with Crippen LogP contribution in [0.4, 0.5) is 0 Å². The zero-order valence-corrected chi connectivity index (χ0v) is 14.1. The van der Waals surface area contributed by atoms with Gasteiger partial charge in [0.05, 0.1) is 13.1 Å². The molecule has 0 unspecified atom stereocenters. The molecule has 22 heavy (non-hydrogen) atoms. The summed E-state index contributed by atoms with van der Waals surface area (Å²) in [5.74, 6) is 0. The van der Waals surface area contributed by atoms with Crippen LogP contribution in [-0.4, -0.2) is 24.1 Å². The molecule has 0 atom stereocenters. The SMILES string of the molecule is O.O=[As]([O-])([O-])O.[NH3+]Cc1ccccc1.[NH3+]Cc1ccccc1. The molecule has 0 saturated carbocycles. The van der Waals surface area contributed by atoms with Crippen molar-refractivity contribution in [1.29, 1.82) is 0 Å². The Labute approximate surface area is 132 Å². The Morgan fingerprint density at radius 3 is 1.18 bits per heavy atom. The number of hydrogen-bond acceptors (Lipinski definition) is 3. The van der Waals surface area contributed by atoms with Crippen LogP contribution in [0.1, 0.15) is 11.1 Å². The third kappa shape index (κ3) is 16.6. The Morgan fingerprint density at radius 2 is 1.05 bits per heavy atom. The molecule has 0 spiro atoms. The van der Waals surface area contributed by atoms with E-state index < -0.39 is 14.5 Å². The van der Waals surface area contributed by atoms with Crippen molar-refractivity contribution in [2.24, 2.45) is 0 Å². The van der Waals surface area contributed by atoms with Crippen LogP contribution < -0.4 is 19.7 Å². The fraction of sp³-hybridized carbons (Fsp3) is 0.143.